The van der Waals surface area contributed by atoms with Gasteiger partial charge >= 0.3 is 0 Å². The van der Waals surface area contributed by atoms with Gasteiger partial charge in [0.1, 0.15) is 0 Å². The van der Waals surface area contributed by atoms with E-state index in [-0.39, 0.29) is 0 Å². The molecule has 4 heteroatoms. The zero-order valence-corrected chi connectivity index (χ0v) is 12.8. The first-order valence-corrected chi connectivity index (χ1v) is 7.56. The predicted molar refractivity (Wildman–Crippen MR) is 81.6 cm³/mol. The molecule has 0 unspecified atom stereocenters. The van der Waals surface area contributed by atoms with E-state index in [2.05, 4.69) is 41.7 Å². The molecule has 1 aliphatic heterocycles. The fourth-order valence-electron chi connectivity index (χ4n) is 2.76. The highest BCUT2D eigenvalue weighted by atomic mass is 32.1. The van der Waals surface area contributed by atoms with Gasteiger partial charge in [0.25, 0.3) is 0 Å². The minimum atomic E-state index is 0.305. The third-order valence-electron chi connectivity index (χ3n) is 3.87. The van der Waals surface area contributed by atoms with Gasteiger partial charge in [0, 0.05) is 32.0 Å². The van der Waals surface area contributed by atoms with Crippen LogP contribution in [0.4, 0.5) is 0 Å². The molecule has 2 heterocycles. The van der Waals surface area contributed by atoms with Crippen molar-refractivity contribution >= 4 is 12.6 Å². The third-order valence-corrected chi connectivity index (χ3v) is 4.54. The van der Waals surface area contributed by atoms with Crippen molar-refractivity contribution in [1.82, 2.24) is 9.88 Å². The number of nitrogens with zero attached hydrogens (tertiary/aromatic N) is 2. The Balaban J connectivity index is 1.94. The quantitative estimate of drug-likeness (QED) is 0.839. The Labute approximate surface area is 121 Å². The van der Waals surface area contributed by atoms with E-state index >= 15 is 0 Å². The highest BCUT2D eigenvalue weighted by Gasteiger charge is 2.32. The van der Waals surface area contributed by atoms with Gasteiger partial charge in [-0.05, 0) is 50.1 Å². The van der Waals surface area contributed by atoms with Gasteiger partial charge in [0.15, 0.2) is 0 Å². The average molecular weight is 280 g/mol. The molecule has 0 aromatic carbocycles. The molecule has 0 saturated carbocycles. The molecule has 0 radical (unpaired) electrons. The third kappa shape index (κ3) is 4.20. The molecule has 106 valence electrons. The van der Waals surface area contributed by atoms with Crippen LogP contribution in [0.25, 0.3) is 0 Å². The second-order valence-corrected chi connectivity index (χ2v) is 6.03. The summed E-state index contributed by atoms with van der Waals surface area (Å²) in [7, 11) is 2.17. The van der Waals surface area contributed by atoms with E-state index in [4.69, 9.17) is 4.74 Å². The van der Waals surface area contributed by atoms with E-state index in [0.717, 1.165) is 56.3 Å². The molecule has 2 rings (SSSR count). The van der Waals surface area contributed by atoms with Crippen molar-refractivity contribution in [3.05, 3.63) is 29.6 Å². The summed E-state index contributed by atoms with van der Waals surface area (Å²) < 4.78 is 5.48. The summed E-state index contributed by atoms with van der Waals surface area (Å²) in [6, 6.07) is 6.21. The zero-order chi connectivity index (χ0) is 13.7. The van der Waals surface area contributed by atoms with Gasteiger partial charge in [-0.1, -0.05) is 6.07 Å². The largest absolute Gasteiger partial charge is 0.381 e. The summed E-state index contributed by atoms with van der Waals surface area (Å²) in [5.41, 5.74) is 2.53. The molecule has 0 atom stereocenters. The standard InChI is InChI=1S/C15H24N2OS/c1-13-4-3-5-14(16-13)10-17(2)11-15(12-19)6-8-18-9-7-15/h3-5,19H,6-12H2,1-2H3. The number of ether oxygens (including phenoxy) is 1. The number of aryl methyl sites for hydroxylation is 1. The van der Waals surface area contributed by atoms with Gasteiger partial charge < -0.3 is 4.74 Å². The second kappa shape index (κ2) is 6.73. The van der Waals surface area contributed by atoms with Crippen LogP contribution < -0.4 is 0 Å². The smallest absolute Gasteiger partial charge is 0.0547 e. The van der Waals surface area contributed by atoms with Crippen LogP contribution in [-0.4, -0.2) is 42.4 Å². The van der Waals surface area contributed by atoms with Crippen LogP contribution in [0.15, 0.2) is 18.2 Å². The molecule has 0 bridgehead atoms. The maximum atomic E-state index is 5.48. The van der Waals surface area contributed by atoms with Crippen LogP contribution in [0, 0.1) is 12.3 Å². The van der Waals surface area contributed by atoms with Gasteiger partial charge in [-0.2, -0.15) is 12.6 Å². The molecule has 1 fully saturated rings. The maximum Gasteiger partial charge on any atom is 0.0547 e. The first kappa shape index (κ1) is 14.8. The minimum Gasteiger partial charge on any atom is -0.381 e. The fourth-order valence-corrected chi connectivity index (χ4v) is 3.18. The predicted octanol–water partition coefficient (Wildman–Crippen LogP) is 2.55. The Morgan fingerprint density at radius 1 is 1.37 bits per heavy atom. The number of aromatic nitrogens is 1. The van der Waals surface area contributed by atoms with Crippen molar-refractivity contribution in [2.75, 3.05) is 32.6 Å². The first-order valence-electron chi connectivity index (χ1n) is 6.93. The number of thiol groups is 1. The van der Waals surface area contributed by atoms with E-state index in [1.807, 2.05) is 13.0 Å². The van der Waals surface area contributed by atoms with Crippen molar-refractivity contribution in [2.45, 2.75) is 26.3 Å². The van der Waals surface area contributed by atoms with E-state index in [9.17, 15) is 0 Å². The zero-order valence-electron chi connectivity index (χ0n) is 11.9. The Morgan fingerprint density at radius 2 is 2.11 bits per heavy atom. The van der Waals surface area contributed by atoms with Crippen LogP contribution in [0.5, 0.6) is 0 Å². The van der Waals surface area contributed by atoms with Gasteiger partial charge in [-0.3, -0.25) is 9.88 Å². The molecule has 1 saturated heterocycles. The lowest BCUT2D eigenvalue weighted by molar-refractivity contribution is 0.0104. The van der Waals surface area contributed by atoms with Crippen molar-refractivity contribution in [2.24, 2.45) is 5.41 Å². The Bertz CT molecular complexity index is 405. The Kier molecular flexibility index (Phi) is 5.25. The number of rotatable bonds is 5. The summed E-state index contributed by atoms with van der Waals surface area (Å²) in [4.78, 5) is 6.93. The summed E-state index contributed by atoms with van der Waals surface area (Å²) in [6.45, 7) is 5.75. The molecule has 19 heavy (non-hydrogen) atoms. The topological polar surface area (TPSA) is 25.4 Å². The van der Waals surface area contributed by atoms with Crippen LogP contribution in [0.1, 0.15) is 24.2 Å². The fraction of sp³-hybridized carbons (Fsp3) is 0.667. The van der Waals surface area contributed by atoms with E-state index in [1.165, 1.54) is 0 Å². The SMILES string of the molecule is Cc1cccc(CN(C)CC2(CS)CCOCC2)n1. The number of hydrogen-bond donors (Lipinski definition) is 1. The van der Waals surface area contributed by atoms with Crippen LogP contribution >= 0.6 is 12.6 Å². The van der Waals surface area contributed by atoms with E-state index < -0.39 is 0 Å². The van der Waals surface area contributed by atoms with Gasteiger partial charge in [-0.25, -0.2) is 0 Å². The molecule has 0 amide bonds. The van der Waals surface area contributed by atoms with E-state index in [0.29, 0.717) is 5.41 Å². The van der Waals surface area contributed by atoms with Gasteiger partial charge in [-0.15, -0.1) is 0 Å². The molecule has 1 aromatic rings. The van der Waals surface area contributed by atoms with Crippen LogP contribution in [0.2, 0.25) is 0 Å². The van der Waals surface area contributed by atoms with Crippen molar-refractivity contribution in [3.8, 4) is 0 Å². The molecule has 0 N–H and O–H groups in total. The highest BCUT2D eigenvalue weighted by molar-refractivity contribution is 7.80. The highest BCUT2D eigenvalue weighted by Crippen LogP contribution is 2.32. The summed E-state index contributed by atoms with van der Waals surface area (Å²) in [5.74, 6) is 0.932. The molecule has 3 nitrogen and oxygen atoms in total. The summed E-state index contributed by atoms with van der Waals surface area (Å²) >= 11 is 4.57. The second-order valence-electron chi connectivity index (χ2n) is 5.71. The lowest BCUT2D eigenvalue weighted by Crippen LogP contribution is -2.41. The normalized spacial score (nSPS) is 18.7. The molecule has 1 aliphatic rings. The lowest BCUT2D eigenvalue weighted by atomic mass is 9.81. The Hall–Kier alpha value is -0.580. The lowest BCUT2D eigenvalue weighted by Gasteiger charge is -2.39. The number of pyridine rings is 1. The summed E-state index contributed by atoms with van der Waals surface area (Å²) in [6.07, 6.45) is 2.23. The molecular formula is C15H24N2OS. The monoisotopic (exact) mass is 280 g/mol. The van der Waals surface area contributed by atoms with Crippen LogP contribution in [-0.2, 0) is 11.3 Å². The molecule has 0 spiro atoms. The first-order chi connectivity index (χ1) is 9.13. The minimum absolute atomic E-state index is 0.305. The average Bonchev–Trinajstić information content (AvgIpc) is 2.39. The van der Waals surface area contributed by atoms with E-state index in [1.54, 1.807) is 0 Å². The van der Waals surface area contributed by atoms with Crippen LogP contribution in [0.3, 0.4) is 0 Å². The van der Waals surface area contributed by atoms with Crippen molar-refractivity contribution < 1.29 is 4.74 Å². The van der Waals surface area contributed by atoms with Crippen molar-refractivity contribution in [1.29, 1.82) is 0 Å². The summed E-state index contributed by atoms with van der Waals surface area (Å²) in [5, 5.41) is 0. The van der Waals surface area contributed by atoms with Gasteiger partial charge in [0.2, 0.25) is 0 Å². The molecular weight excluding hydrogens is 256 g/mol. The molecule has 0 aliphatic carbocycles. The maximum absolute atomic E-state index is 5.48. The van der Waals surface area contributed by atoms with Crippen molar-refractivity contribution in [3.63, 3.8) is 0 Å². The molecule has 1 aromatic heterocycles. The Morgan fingerprint density at radius 3 is 2.74 bits per heavy atom. The van der Waals surface area contributed by atoms with Gasteiger partial charge in [0.05, 0.1) is 5.69 Å². The number of hydrogen-bond acceptors (Lipinski definition) is 4.